The van der Waals surface area contributed by atoms with E-state index >= 15 is 0 Å². The summed E-state index contributed by atoms with van der Waals surface area (Å²) in [4.78, 5) is 0. The lowest BCUT2D eigenvalue weighted by Crippen LogP contribution is -2.36. The zero-order valence-electron chi connectivity index (χ0n) is 16.0. The predicted octanol–water partition coefficient (Wildman–Crippen LogP) is 4.97. The average Bonchev–Trinajstić information content (AvgIpc) is 2.49. The number of hydrogen-bond donors (Lipinski definition) is 2. The van der Waals surface area contributed by atoms with Gasteiger partial charge in [-0.05, 0) is 56.3 Å². The normalized spacial score (nSPS) is 12.9. The fourth-order valence-electron chi connectivity index (χ4n) is 2.76. The van der Waals surface area contributed by atoms with Crippen LogP contribution in [0.25, 0.3) is 0 Å². The molecule has 0 fully saturated rings. The summed E-state index contributed by atoms with van der Waals surface area (Å²) in [6.07, 6.45) is 0. The zero-order valence-corrected chi connectivity index (χ0v) is 17.0. The van der Waals surface area contributed by atoms with Crippen molar-refractivity contribution in [3.05, 3.63) is 58.9 Å². The Balaban J connectivity index is 2.33. The highest BCUT2D eigenvalue weighted by molar-refractivity contribution is 7.48. The summed E-state index contributed by atoms with van der Waals surface area (Å²) in [6, 6.07) is 10.9. The molecule has 2 aromatic carbocycles. The van der Waals surface area contributed by atoms with E-state index in [1.807, 2.05) is 31.2 Å². The summed E-state index contributed by atoms with van der Waals surface area (Å²) < 4.78 is 13.8. The quantitative estimate of drug-likeness (QED) is 0.737. The van der Waals surface area contributed by atoms with E-state index in [0.29, 0.717) is 20.9 Å². The molecule has 0 aromatic heterocycles. The molecule has 0 saturated heterocycles. The standard InChI is InChI=1S/C21H29FNOP/c1-14-8-7-9-17(19(14)24)21(5,6)25-18-11-10-16(22)12-15(18)13-23-20(2,3)4/h7-12,23-25H,13H2,1-6H3. The molecule has 2 rings (SSSR count). The van der Waals surface area contributed by atoms with Crippen molar-refractivity contribution in [2.45, 2.75) is 58.8 Å². The number of hydrogen-bond acceptors (Lipinski definition) is 2. The average molecular weight is 361 g/mol. The summed E-state index contributed by atoms with van der Waals surface area (Å²) in [5.74, 6) is 0.145. The van der Waals surface area contributed by atoms with Crippen LogP contribution < -0.4 is 10.6 Å². The minimum atomic E-state index is -0.232. The molecule has 1 unspecified atom stereocenters. The van der Waals surface area contributed by atoms with Crippen LogP contribution in [0.1, 0.15) is 51.3 Å². The first kappa shape index (κ1) is 19.9. The SMILES string of the molecule is Cc1cccc(C(C)(C)Pc2ccc(F)cc2CNC(C)(C)C)c1O. The van der Waals surface area contributed by atoms with E-state index in [2.05, 4.69) is 39.9 Å². The van der Waals surface area contributed by atoms with Crippen molar-refractivity contribution in [1.82, 2.24) is 5.32 Å². The van der Waals surface area contributed by atoms with Gasteiger partial charge in [0.1, 0.15) is 11.6 Å². The van der Waals surface area contributed by atoms with E-state index in [9.17, 15) is 9.50 Å². The van der Waals surface area contributed by atoms with E-state index in [-0.39, 0.29) is 16.5 Å². The van der Waals surface area contributed by atoms with Gasteiger partial charge >= 0.3 is 0 Å². The van der Waals surface area contributed by atoms with Crippen LogP contribution in [-0.2, 0) is 11.7 Å². The molecule has 0 saturated carbocycles. The van der Waals surface area contributed by atoms with E-state index in [0.717, 1.165) is 22.0 Å². The van der Waals surface area contributed by atoms with Gasteiger partial charge in [0.2, 0.25) is 0 Å². The van der Waals surface area contributed by atoms with Crippen molar-refractivity contribution in [1.29, 1.82) is 0 Å². The minimum absolute atomic E-state index is 0.0307. The van der Waals surface area contributed by atoms with Crippen molar-refractivity contribution in [2.24, 2.45) is 0 Å². The number of aryl methyl sites for hydroxylation is 1. The molecular weight excluding hydrogens is 332 g/mol. The van der Waals surface area contributed by atoms with Crippen LogP contribution in [0, 0.1) is 12.7 Å². The van der Waals surface area contributed by atoms with Crippen molar-refractivity contribution < 1.29 is 9.50 Å². The van der Waals surface area contributed by atoms with Gasteiger partial charge in [-0.2, -0.15) is 0 Å². The molecule has 2 aromatic rings. The first-order valence-corrected chi connectivity index (χ1v) is 9.60. The molecule has 0 radical (unpaired) electrons. The summed E-state index contributed by atoms with van der Waals surface area (Å²) in [7, 11) is 0.423. The maximum Gasteiger partial charge on any atom is 0.123 e. The van der Waals surface area contributed by atoms with Crippen LogP contribution >= 0.6 is 8.58 Å². The van der Waals surface area contributed by atoms with Crippen LogP contribution in [0.5, 0.6) is 5.75 Å². The fourth-order valence-corrected chi connectivity index (χ4v) is 4.26. The largest absolute Gasteiger partial charge is 0.507 e. The minimum Gasteiger partial charge on any atom is -0.507 e. The molecule has 0 spiro atoms. The third-order valence-corrected chi connectivity index (χ3v) is 5.89. The molecule has 0 aliphatic heterocycles. The van der Waals surface area contributed by atoms with E-state index in [1.54, 1.807) is 6.07 Å². The lowest BCUT2D eigenvalue weighted by molar-refractivity contribution is 0.424. The number of nitrogens with one attached hydrogen (secondary N) is 1. The third-order valence-electron chi connectivity index (χ3n) is 4.23. The Morgan fingerprint density at radius 2 is 1.76 bits per heavy atom. The molecule has 2 nitrogen and oxygen atoms in total. The highest BCUT2D eigenvalue weighted by Crippen LogP contribution is 2.45. The topological polar surface area (TPSA) is 32.3 Å². The predicted molar refractivity (Wildman–Crippen MR) is 107 cm³/mol. The summed E-state index contributed by atoms with van der Waals surface area (Å²) in [6.45, 7) is 13.1. The molecular formula is C21H29FNOP. The Morgan fingerprint density at radius 3 is 2.40 bits per heavy atom. The third kappa shape index (κ3) is 5.26. The van der Waals surface area contributed by atoms with Crippen LogP contribution in [0.15, 0.2) is 36.4 Å². The van der Waals surface area contributed by atoms with Gasteiger partial charge in [-0.1, -0.05) is 46.7 Å². The number of rotatable bonds is 5. The Morgan fingerprint density at radius 1 is 1.08 bits per heavy atom. The van der Waals surface area contributed by atoms with Gasteiger partial charge < -0.3 is 10.4 Å². The number of aromatic hydroxyl groups is 1. The highest BCUT2D eigenvalue weighted by atomic mass is 31.1. The van der Waals surface area contributed by atoms with Crippen molar-refractivity contribution in [3.63, 3.8) is 0 Å². The molecule has 0 amide bonds. The molecule has 25 heavy (non-hydrogen) atoms. The second-order valence-electron chi connectivity index (χ2n) is 8.13. The summed E-state index contributed by atoms with van der Waals surface area (Å²) >= 11 is 0. The number of phenols is 1. The first-order chi connectivity index (χ1) is 11.5. The molecule has 136 valence electrons. The van der Waals surface area contributed by atoms with Gasteiger partial charge in [0.05, 0.1) is 0 Å². The van der Waals surface area contributed by atoms with Gasteiger partial charge in [0.25, 0.3) is 0 Å². The maximum absolute atomic E-state index is 13.8. The monoisotopic (exact) mass is 361 g/mol. The fraction of sp³-hybridized carbons (Fsp3) is 0.429. The van der Waals surface area contributed by atoms with Crippen molar-refractivity contribution in [2.75, 3.05) is 0 Å². The van der Waals surface area contributed by atoms with Crippen LogP contribution in [0.4, 0.5) is 4.39 Å². The number of phenolic OH excluding ortho intramolecular Hbond substituents is 1. The molecule has 0 aliphatic carbocycles. The molecule has 1 atom stereocenters. The van der Waals surface area contributed by atoms with E-state index in [4.69, 9.17) is 0 Å². The van der Waals surface area contributed by atoms with Gasteiger partial charge in [0.15, 0.2) is 0 Å². The molecule has 0 heterocycles. The van der Waals surface area contributed by atoms with Crippen molar-refractivity contribution in [3.8, 4) is 5.75 Å². The second kappa shape index (κ2) is 7.43. The van der Waals surface area contributed by atoms with E-state index in [1.165, 1.54) is 6.07 Å². The van der Waals surface area contributed by atoms with Gasteiger partial charge in [0, 0.05) is 22.8 Å². The number of benzene rings is 2. The number of para-hydroxylation sites is 1. The highest BCUT2D eigenvalue weighted by Gasteiger charge is 2.26. The van der Waals surface area contributed by atoms with Gasteiger partial charge in [-0.25, -0.2) is 4.39 Å². The Bertz CT molecular complexity index is 750. The molecule has 0 bridgehead atoms. The second-order valence-corrected chi connectivity index (χ2v) is 10.2. The van der Waals surface area contributed by atoms with Crippen LogP contribution in [0.3, 0.4) is 0 Å². The zero-order chi connectivity index (χ0) is 18.8. The number of halogens is 1. The van der Waals surface area contributed by atoms with Crippen LogP contribution in [0.2, 0.25) is 0 Å². The van der Waals surface area contributed by atoms with Gasteiger partial charge in [-0.15, -0.1) is 0 Å². The van der Waals surface area contributed by atoms with Crippen LogP contribution in [-0.4, -0.2) is 10.6 Å². The maximum atomic E-state index is 13.8. The molecule has 4 heteroatoms. The first-order valence-electron chi connectivity index (χ1n) is 8.60. The lowest BCUT2D eigenvalue weighted by atomic mass is 9.99. The molecule has 0 aliphatic rings. The Labute approximate surface area is 152 Å². The Hall–Kier alpha value is -1.44. The molecule has 2 N–H and O–H groups in total. The lowest BCUT2D eigenvalue weighted by Gasteiger charge is -2.29. The Kier molecular flexibility index (Phi) is 5.91. The smallest absolute Gasteiger partial charge is 0.123 e. The van der Waals surface area contributed by atoms with Crippen molar-refractivity contribution >= 4 is 13.9 Å². The van der Waals surface area contributed by atoms with Gasteiger partial charge in [-0.3, -0.25) is 0 Å². The summed E-state index contributed by atoms with van der Waals surface area (Å²) in [5.41, 5.74) is 2.76. The summed E-state index contributed by atoms with van der Waals surface area (Å²) in [5, 5.41) is 14.8. The van der Waals surface area contributed by atoms with E-state index < -0.39 is 0 Å².